The zero-order chi connectivity index (χ0) is 13.2. The van der Waals surface area contributed by atoms with Crippen LogP contribution in [-0.4, -0.2) is 24.0 Å². The van der Waals surface area contributed by atoms with Crippen molar-refractivity contribution in [1.29, 1.82) is 0 Å². The van der Waals surface area contributed by atoms with Gasteiger partial charge < -0.3 is 10.6 Å². The first-order valence-electron chi connectivity index (χ1n) is 7.22. The zero-order valence-corrected chi connectivity index (χ0v) is 12.2. The van der Waals surface area contributed by atoms with E-state index in [1.165, 1.54) is 17.0 Å². The van der Waals surface area contributed by atoms with Crippen molar-refractivity contribution in [2.75, 3.05) is 18.4 Å². The lowest BCUT2D eigenvalue weighted by molar-refractivity contribution is -0.120. The maximum Gasteiger partial charge on any atom is 0.230 e. The van der Waals surface area contributed by atoms with E-state index in [1.54, 1.807) is 11.3 Å². The Morgan fingerprint density at radius 3 is 3.16 bits per heavy atom. The molecule has 0 bridgehead atoms. The number of piperidine rings is 1. The minimum absolute atomic E-state index is 0.105. The zero-order valence-electron chi connectivity index (χ0n) is 11.4. The predicted molar refractivity (Wildman–Crippen MR) is 77.5 cm³/mol. The Labute approximate surface area is 118 Å². The van der Waals surface area contributed by atoms with Crippen molar-refractivity contribution in [3.05, 3.63) is 10.6 Å². The van der Waals surface area contributed by atoms with Crippen LogP contribution in [0.15, 0.2) is 0 Å². The van der Waals surface area contributed by atoms with E-state index in [2.05, 4.69) is 22.5 Å². The van der Waals surface area contributed by atoms with E-state index >= 15 is 0 Å². The highest BCUT2D eigenvalue weighted by atomic mass is 32.1. The fourth-order valence-corrected chi connectivity index (χ4v) is 4.05. The number of carbonyl (C=O) groups excluding carboxylic acids is 1. The number of rotatable bonds is 2. The molecule has 2 atom stereocenters. The number of nitrogens with one attached hydrogen (secondary N) is 2. The van der Waals surface area contributed by atoms with Gasteiger partial charge in [-0.1, -0.05) is 6.92 Å². The Hall–Kier alpha value is -0.940. The number of carbonyl (C=O) groups is 1. The van der Waals surface area contributed by atoms with E-state index in [4.69, 9.17) is 0 Å². The topological polar surface area (TPSA) is 54.0 Å². The van der Waals surface area contributed by atoms with Crippen LogP contribution in [0.3, 0.4) is 0 Å². The Kier molecular flexibility index (Phi) is 3.84. The van der Waals surface area contributed by atoms with Crippen LogP contribution >= 0.6 is 11.3 Å². The highest BCUT2D eigenvalue weighted by molar-refractivity contribution is 7.15. The minimum Gasteiger partial charge on any atom is -0.316 e. The van der Waals surface area contributed by atoms with Crippen molar-refractivity contribution in [1.82, 2.24) is 10.3 Å². The van der Waals surface area contributed by atoms with Gasteiger partial charge in [-0.05, 0) is 44.6 Å². The van der Waals surface area contributed by atoms with Crippen LogP contribution in [0, 0.1) is 11.8 Å². The van der Waals surface area contributed by atoms with Crippen molar-refractivity contribution in [2.24, 2.45) is 11.8 Å². The molecule has 2 N–H and O–H groups in total. The Bertz CT molecular complexity index is 465. The van der Waals surface area contributed by atoms with Gasteiger partial charge in [0, 0.05) is 11.4 Å². The van der Waals surface area contributed by atoms with Gasteiger partial charge >= 0.3 is 0 Å². The van der Waals surface area contributed by atoms with Gasteiger partial charge in [0.05, 0.1) is 11.6 Å². The van der Waals surface area contributed by atoms with Crippen molar-refractivity contribution >= 4 is 22.4 Å². The number of nitrogens with zero attached hydrogens (tertiary/aromatic N) is 1. The summed E-state index contributed by atoms with van der Waals surface area (Å²) in [5.74, 6) is 0.985. The van der Waals surface area contributed by atoms with Crippen molar-refractivity contribution in [2.45, 2.75) is 39.0 Å². The predicted octanol–water partition coefficient (Wildman–Crippen LogP) is 2.21. The molecule has 4 nitrogen and oxygen atoms in total. The normalized spacial score (nSPS) is 26.8. The average Bonchev–Trinajstić information content (AvgIpc) is 2.81. The van der Waals surface area contributed by atoms with Crippen molar-refractivity contribution in [3.63, 3.8) is 0 Å². The molecule has 0 radical (unpaired) electrons. The van der Waals surface area contributed by atoms with E-state index in [0.717, 1.165) is 49.8 Å². The molecule has 1 aromatic rings. The third-order valence-electron chi connectivity index (χ3n) is 4.08. The van der Waals surface area contributed by atoms with Crippen LogP contribution < -0.4 is 10.6 Å². The summed E-state index contributed by atoms with van der Waals surface area (Å²) in [5.41, 5.74) is 1.21. The van der Waals surface area contributed by atoms with Crippen LogP contribution in [0.1, 0.15) is 36.8 Å². The lowest BCUT2D eigenvalue weighted by Crippen LogP contribution is -2.37. The Morgan fingerprint density at radius 2 is 2.37 bits per heavy atom. The maximum absolute atomic E-state index is 12.2. The summed E-state index contributed by atoms with van der Waals surface area (Å²) < 4.78 is 0. The van der Waals surface area contributed by atoms with Crippen LogP contribution in [0.2, 0.25) is 0 Å². The fraction of sp³-hybridized carbons (Fsp3) is 0.714. The minimum atomic E-state index is 0.105. The van der Waals surface area contributed by atoms with Crippen LogP contribution in [-0.2, 0) is 17.6 Å². The van der Waals surface area contributed by atoms with E-state index in [0.29, 0.717) is 0 Å². The van der Waals surface area contributed by atoms with Gasteiger partial charge in [0.1, 0.15) is 0 Å². The van der Waals surface area contributed by atoms with Gasteiger partial charge in [0.15, 0.2) is 5.13 Å². The molecule has 2 heterocycles. The second kappa shape index (κ2) is 5.59. The lowest BCUT2D eigenvalue weighted by atomic mass is 9.93. The largest absolute Gasteiger partial charge is 0.316 e. The molecule has 1 saturated heterocycles. The first-order chi connectivity index (χ1) is 9.22. The SMILES string of the molecule is CC1CCc2nc(NC(=O)C3CCCNC3)sc2C1. The van der Waals surface area contributed by atoms with Gasteiger partial charge in [-0.2, -0.15) is 0 Å². The standard InChI is InChI=1S/C14H21N3OS/c1-9-4-5-11-12(7-9)19-14(16-11)17-13(18)10-3-2-6-15-8-10/h9-10,15H,2-8H2,1H3,(H,16,17,18). The Balaban J connectivity index is 1.65. The first kappa shape index (κ1) is 13.1. The summed E-state index contributed by atoms with van der Waals surface area (Å²) >= 11 is 1.67. The number of aryl methyl sites for hydroxylation is 1. The van der Waals surface area contributed by atoms with Gasteiger partial charge in [0.25, 0.3) is 0 Å². The molecule has 0 spiro atoms. The number of fused-ring (bicyclic) bond motifs is 1. The summed E-state index contributed by atoms with van der Waals surface area (Å²) in [6.07, 6.45) is 5.48. The third-order valence-corrected chi connectivity index (χ3v) is 5.12. The molecule has 3 rings (SSSR count). The van der Waals surface area contributed by atoms with E-state index < -0.39 is 0 Å². The van der Waals surface area contributed by atoms with Gasteiger partial charge in [-0.3, -0.25) is 4.79 Å². The van der Waals surface area contributed by atoms with Crippen LogP contribution in [0.25, 0.3) is 0 Å². The number of hydrogen-bond acceptors (Lipinski definition) is 4. The van der Waals surface area contributed by atoms with Gasteiger partial charge in [-0.15, -0.1) is 11.3 Å². The third kappa shape index (κ3) is 2.98. The summed E-state index contributed by atoms with van der Waals surface area (Å²) in [7, 11) is 0. The molecule has 1 amide bonds. The first-order valence-corrected chi connectivity index (χ1v) is 8.04. The smallest absolute Gasteiger partial charge is 0.230 e. The van der Waals surface area contributed by atoms with Gasteiger partial charge in [-0.25, -0.2) is 4.98 Å². The van der Waals surface area contributed by atoms with Gasteiger partial charge in [0.2, 0.25) is 5.91 Å². The molecule has 0 aromatic carbocycles. The summed E-state index contributed by atoms with van der Waals surface area (Å²) in [6, 6.07) is 0. The summed E-state index contributed by atoms with van der Waals surface area (Å²) in [5, 5.41) is 7.09. The summed E-state index contributed by atoms with van der Waals surface area (Å²) in [6.45, 7) is 4.12. The number of hydrogen-bond donors (Lipinski definition) is 2. The molecule has 2 unspecified atom stereocenters. The maximum atomic E-state index is 12.2. The van der Waals surface area contributed by atoms with Crippen LogP contribution in [0.4, 0.5) is 5.13 Å². The monoisotopic (exact) mass is 279 g/mol. The number of aromatic nitrogens is 1. The highest BCUT2D eigenvalue weighted by Gasteiger charge is 2.24. The molecule has 2 aliphatic rings. The van der Waals surface area contributed by atoms with E-state index in [1.807, 2.05) is 0 Å². The quantitative estimate of drug-likeness (QED) is 0.872. The lowest BCUT2D eigenvalue weighted by Gasteiger charge is -2.21. The molecular weight excluding hydrogens is 258 g/mol. The molecule has 1 fully saturated rings. The number of anilines is 1. The average molecular weight is 279 g/mol. The van der Waals surface area contributed by atoms with Crippen molar-refractivity contribution < 1.29 is 4.79 Å². The van der Waals surface area contributed by atoms with E-state index in [-0.39, 0.29) is 11.8 Å². The molecule has 104 valence electrons. The molecule has 1 aromatic heterocycles. The number of thiazole rings is 1. The summed E-state index contributed by atoms with van der Waals surface area (Å²) in [4.78, 5) is 18.1. The number of amides is 1. The van der Waals surface area contributed by atoms with Crippen LogP contribution in [0.5, 0.6) is 0 Å². The molecule has 19 heavy (non-hydrogen) atoms. The molecule has 1 aliphatic heterocycles. The Morgan fingerprint density at radius 1 is 1.47 bits per heavy atom. The second-order valence-electron chi connectivity index (χ2n) is 5.77. The van der Waals surface area contributed by atoms with E-state index in [9.17, 15) is 4.79 Å². The second-order valence-corrected chi connectivity index (χ2v) is 6.85. The highest BCUT2D eigenvalue weighted by Crippen LogP contribution is 2.32. The molecule has 5 heteroatoms. The fourth-order valence-electron chi connectivity index (χ4n) is 2.88. The van der Waals surface area contributed by atoms with Crippen molar-refractivity contribution in [3.8, 4) is 0 Å². The molecular formula is C14H21N3OS. The molecule has 1 aliphatic carbocycles. The molecule has 0 saturated carbocycles.